The van der Waals surface area contributed by atoms with E-state index in [2.05, 4.69) is 6.07 Å². The molecule has 1 aliphatic heterocycles. The van der Waals surface area contributed by atoms with Crippen LogP contribution in [0.3, 0.4) is 0 Å². The number of carbonyl (C=O) groups excluding carboxylic acids is 2. The largest absolute Gasteiger partial charge is 0.489 e. The number of carbonyl (C=O) groups is 2. The van der Waals surface area contributed by atoms with Crippen molar-refractivity contribution in [1.29, 1.82) is 5.26 Å². The average molecular weight is 443 g/mol. The van der Waals surface area contributed by atoms with Crippen LogP contribution in [-0.2, 0) is 14.3 Å². The van der Waals surface area contributed by atoms with Gasteiger partial charge in [0, 0.05) is 6.54 Å². The van der Waals surface area contributed by atoms with Gasteiger partial charge in [-0.3, -0.25) is 4.90 Å². The number of nitrogens with zero attached hydrogens (tertiary/aromatic N) is 2. The Morgan fingerprint density at radius 1 is 1.19 bits per heavy atom. The molecule has 0 spiro atoms. The zero-order valence-electron chi connectivity index (χ0n) is 19.7. The van der Waals surface area contributed by atoms with Gasteiger partial charge in [-0.25, -0.2) is 9.59 Å². The number of hydrogen-bond donors (Lipinski definition) is 0. The van der Waals surface area contributed by atoms with Crippen LogP contribution >= 0.6 is 0 Å². The maximum absolute atomic E-state index is 12.9. The Hall–Kier alpha value is -2.75. The summed E-state index contributed by atoms with van der Waals surface area (Å²) >= 11 is 0. The zero-order chi connectivity index (χ0) is 23.5. The molecule has 1 amide bonds. The smallest absolute Gasteiger partial charge is 0.411 e. The van der Waals surface area contributed by atoms with Gasteiger partial charge in [-0.1, -0.05) is 6.07 Å². The van der Waals surface area contributed by atoms with E-state index >= 15 is 0 Å². The van der Waals surface area contributed by atoms with Gasteiger partial charge in [-0.15, -0.1) is 0 Å². The monoisotopic (exact) mass is 442 g/mol. The van der Waals surface area contributed by atoms with E-state index in [0.29, 0.717) is 24.3 Å². The number of piperidine rings is 1. The van der Waals surface area contributed by atoms with Crippen LogP contribution in [-0.4, -0.2) is 47.9 Å². The van der Waals surface area contributed by atoms with Gasteiger partial charge in [-0.2, -0.15) is 5.26 Å². The van der Waals surface area contributed by atoms with Crippen LogP contribution in [0.4, 0.5) is 4.79 Å². The van der Waals surface area contributed by atoms with Gasteiger partial charge >= 0.3 is 12.1 Å². The molecule has 0 bridgehead atoms. The van der Waals surface area contributed by atoms with E-state index in [0.717, 1.165) is 24.8 Å². The van der Waals surface area contributed by atoms with Gasteiger partial charge in [0.15, 0.2) is 0 Å². The van der Waals surface area contributed by atoms with E-state index in [1.165, 1.54) is 0 Å². The van der Waals surface area contributed by atoms with Gasteiger partial charge in [-0.05, 0) is 89.8 Å². The van der Waals surface area contributed by atoms with Crippen molar-refractivity contribution in [2.75, 3.05) is 13.2 Å². The second-order valence-electron chi connectivity index (χ2n) is 9.82. The molecule has 0 aromatic heterocycles. The maximum atomic E-state index is 12.9. The van der Waals surface area contributed by atoms with Crippen LogP contribution in [0.15, 0.2) is 18.2 Å². The van der Waals surface area contributed by atoms with E-state index in [1.807, 2.05) is 39.8 Å². The molecule has 32 heavy (non-hydrogen) atoms. The Kier molecular flexibility index (Phi) is 7.33. The number of benzene rings is 1. The van der Waals surface area contributed by atoms with Crippen molar-refractivity contribution in [3.05, 3.63) is 29.3 Å². The first kappa shape index (κ1) is 23.9. The number of ether oxygens (including phenoxy) is 3. The molecule has 174 valence electrons. The second-order valence-corrected chi connectivity index (χ2v) is 9.82. The fourth-order valence-electron chi connectivity index (χ4n) is 4.70. The number of rotatable bonds is 4. The highest BCUT2D eigenvalue weighted by Gasteiger charge is 2.45. The van der Waals surface area contributed by atoms with E-state index < -0.39 is 17.7 Å². The molecule has 1 saturated heterocycles. The molecule has 0 radical (unpaired) electrons. The van der Waals surface area contributed by atoms with Crippen molar-refractivity contribution < 1.29 is 23.8 Å². The minimum absolute atomic E-state index is 0.0268. The van der Waals surface area contributed by atoms with Gasteiger partial charge in [0.25, 0.3) is 0 Å². The van der Waals surface area contributed by atoms with E-state index in [4.69, 9.17) is 14.2 Å². The lowest BCUT2D eigenvalue weighted by Crippen LogP contribution is -2.56. The van der Waals surface area contributed by atoms with Gasteiger partial charge in [0.2, 0.25) is 0 Å². The third-order valence-electron chi connectivity index (χ3n) is 6.16. The summed E-state index contributed by atoms with van der Waals surface area (Å²) in [6.07, 6.45) is 2.54. The molecule has 1 heterocycles. The van der Waals surface area contributed by atoms with Gasteiger partial charge in [0.1, 0.15) is 23.5 Å². The van der Waals surface area contributed by atoms with Crippen molar-refractivity contribution in [3.63, 3.8) is 0 Å². The Bertz CT molecular complexity index is 885. The summed E-state index contributed by atoms with van der Waals surface area (Å²) in [6.45, 7) is 9.94. The van der Waals surface area contributed by atoms with Crippen molar-refractivity contribution in [3.8, 4) is 11.8 Å². The lowest BCUT2D eigenvalue weighted by atomic mass is 9.72. The summed E-state index contributed by atoms with van der Waals surface area (Å²) in [4.78, 5) is 27.1. The summed E-state index contributed by atoms with van der Waals surface area (Å²) in [5, 5.41) is 9.40. The maximum Gasteiger partial charge on any atom is 0.411 e. The molecule has 7 nitrogen and oxygen atoms in total. The summed E-state index contributed by atoms with van der Waals surface area (Å²) in [5.74, 6) is 0.743. The highest BCUT2D eigenvalue weighted by Crippen LogP contribution is 2.41. The molecule has 2 aliphatic rings. The van der Waals surface area contributed by atoms with Crippen LogP contribution in [0.5, 0.6) is 5.75 Å². The zero-order valence-corrected chi connectivity index (χ0v) is 19.7. The fraction of sp³-hybridized carbons (Fsp3) is 0.640. The van der Waals surface area contributed by atoms with E-state index in [9.17, 15) is 14.9 Å². The molecule has 1 saturated carbocycles. The number of fused-ring (bicyclic) bond motifs is 1. The van der Waals surface area contributed by atoms with E-state index in [-0.39, 0.29) is 30.5 Å². The Labute approximate surface area is 190 Å². The summed E-state index contributed by atoms with van der Waals surface area (Å²) < 4.78 is 17.1. The van der Waals surface area contributed by atoms with Gasteiger partial charge in [0.05, 0.1) is 18.3 Å². The predicted molar refractivity (Wildman–Crippen MR) is 119 cm³/mol. The number of likely N-dealkylation sites (tertiary alicyclic amines) is 1. The minimum atomic E-state index is -0.654. The molecule has 7 heteroatoms. The Morgan fingerprint density at radius 3 is 2.59 bits per heavy atom. The number of nitriles is 1. The van der Waals surface area contributed by atoms with Crippen molar-refractivity contribution in [2.45, 2.75) is 78.0 Å². The average Bonchev–Trinajstić information content (AvgIpc) is 2.72. The standard InChI is InChI=1S/C25H34N2O5/c1-6-30-23(28)21-13-19-12-20(31-22-11-16(2)7-8-17(22)14-26)10-9-18(19)15-27(21)24(29)32-25(3,4)5/h7-8,11,18-21H,6,9-10,12-13,15H2,1-5H3/t18-,19+,20-,21-/m0/s1. The van der Waals surface area contributed by atoms with Gasteiger partial charge < -0.3 is 14.2 Å². The lowest BCUT2D eigenvalue weighted by molar-refractivity contribution is -0.153. The summed E-state index contributed by atoms with van der Waals surface area (Å²) in [6, 6.07) is 7.13. The second kappa shape index (κ2) is 9.81. The third kappa shape index (κ3) is 5.73. The number of hydrogen-bond acceptors (Lipinski definition) is 6. The molecule has 1 aromatic rings. The fourth-order valence-corrected chi connectivity index (χ4v) is 4.70. The van der Waals surface area contributed by atoms with Crippen LogP contribution in [0, 0.1) is 30.1 Å². The normalized spacial score (nSPS) is 25.3. The molecule has 0 unspecified atom stereocenters. The molecular weight excluding hydrogens is 408 g/mol. The molecular formula is C25H34N2O5. The van der Waals surface area contributed by atoms with Crippen LogP contribution in [0.2, 0.25) is 0 Å². The minimum Gasteiger partial charge on any atom is -0.489 e. The first-order chi connectivity index (χ1) is 15.1. The van der Waals surface area contributed by atoms with Crippen LogP contribution in [0.1, 0.15) is 64.5 Å². The first-order valence-corrected chi connectivity index (χ1v) is 11.4. The number of esters is 1. The lowest BCUT2D eigenvalue weighted by Gasteiger charge is -2.46. The highest BCUT2D eigenvalue weighted by atomic mass is 16.6. The number of aryl methyl sites for hydroxylation is 1. The molecule has 1 aliphatic carbocycles. The SMILES string of the molecule is CCOC(=O)[C@@H]1C[C@H]2C[C@@H](Oc3cc(C)ccc3C#N)CC[C@H]2CN1C(=O)OC(C)(C)C. The summed E-state index contributed by atoms with van der Waals surface area (Å²) in [5.41, 5.74) is 0.938. The van der Waals surface area contributed by atoms with Crippen LogP contribution in [0.25, 0.3) is 0 Å². The molecule has 3 rings (SSSR count). The van der Waals surface area contributed by atoms with Crippen molar-refractivity contribution in [1.82, 2.24) is 4.90 Å². The molecule has 4 atom stereocenters. The highest BCUT2D eigenvalue weighted by molar-refractivity contribution is 5.82. The number of amides is 1. The van der Waals surface area contributed by atoms with Crippen molar-refractivity contribution in [2.24, 2.45) is 11.8 Å². The Balaban J connectivity index is 1.74. The topological polar surface area (TPSA) is 88.9 Å². The van der Waals surface area contributed by atoms with E-state index in [1.54, 1.807) is 17.9 Å². The molecule has 2 fully saturated rings. The molecule has 1 aromatic carbocycles. The molecule has 0 N–H and O–H groups in total. The third-order valence-corrected chi connectivity index (χ3v) is 6.16. The summed E-state index contributed by atoms with van der Waals surface area (Å²) in [7, 11) is 0. The Morgan fingerprint density at radius 2 is 1.94 bits per heavy atom. The van der Waals surface area contributed by atoms with Crippen LogP contribution < -0.4 is 4.74 Å². The first-order valence-electron chi connectivity index (χ1n) is 11.4. The predicted octanol–water partition coefficient (Wildman–Crippen LogP) is 4.60. The van der Waals surface area contributed by atoms with Crippen molar-refractivity contribution >= 4 is 12.1 Å². The quantitative estimate of drug-likeness (QED) is 0.633.